The second kappa shape index (κ2) is 4.16. The molecule has 0 aliphatic heterocycles. The third-order valence-corrected chi connectivity index (χ3v) is 3.69. The standard InChI is InChI=1S/C9H12N4S2/c1-3-11-8-6(7(10)13-15-8)9-12-5(2)4-14-9/h4,11H,3H2,1-2H3,(H2,10,13). The molecule has 0 spiro atoms. The van der Waals surface area contributed by atoms with E-state index in [-0.39, 0.29) is 0 Å². The third kappa shape index (κ3) is 1.95. The van der Waals surface area contributed by atoms with Crippen molar-refractivity contribution in [3.05, 3.63) is 11.1 Å². The summed E-state index contributed by atoms with van der Waals surface area (Å²) < 4.78 is 4.14. The van der Waals surface area contributed by atoms with Gasteiger partial charge in [0.1, 0.15) is 15.8 Å². The van der Waals surface area contributed by atoms with Gasteiger partial charge in [-0.2, -0.15) is 4.37 Å². The molecular formula is C9H12N4S2. The zero-order chi connectivity index (χ0) is 10.8. The highest BCUT2D eigenvalue weighted by atomic mass is 32.1. The van der Waals surface area contributed by atoms with Crippen LogP contribution in [0.15, 0.2) is 5.38 Å². The third-order valence-electron chi connectivity index (χ3n) is 1.89. The minimum atomic E-state index is 0.560. The van der Waals surface area contributed by atoms with Crippen molar-refractivity contribution in [3.63, 3.8) is 0 Å². The molecular weight excluding hydrogens is 228 g/mol. The van der Waals surface area contributed by atoms with Crippen molar-refractivity contribution in [1.29, 1.82) is 0 Å². The molecule has 0 amide bonds. The Labute approximate surface area is 96.3 Å². The Balaban J connectivity index is 2.46. The summed E-state index contributed by atoms with van der Waals surface area (Å²) in [5.74, 6) is 0.560. The summed E-state index contributed by atoms with van der Waals surface area (Å²) in [6.07, 6.45) is 0. The molecule has 0 bridgehead atoms. The fraction of sp³-hybridized carbons (Fsp3) is 0.333. The van der Waals surface area contributed by atoms with Crippen LogP contribution in [0.1, 0.15) is 12.6 Å². The number of thiazole rings is 1. The molecule has 3 N–H and O–H groups in total. The highest BCUT2D eigenvalue weighted by Crippen LogP contribution is 2.38. The van der Waals surface area contributed by atoms with Gasteiger partial charge in [-0.3, -0.25) is 0 Å². The molecule has 0 aliphatic carbocycles. The van der Waals surface area contributed by atoms with E-state index in [1.807, 2.05) is 19.2 Å². The highest BCUT2D eigenvalue weighted by Gasteiger charge is 2.15. The monoisotopic (exact) mass is 240 g/mol. The van der Waals surface area contributed by atoms with E-state index in [4.69, 9.17) is 5.73 Å². The Morgan fingerprint density at radius 1 is 1.53 bits per heavy atom. The number of nitrogen functional groups attached to an aromatic ring is 1. The Kier molecular flexibility index (Phi) is 2.88. The van der Waals surface area contributed by atoms with E-state index in [0.29, 0.717) is 5.82 Å². The number of hydrogen-bond donors (Lipinski definition) is 2. The van der Waals surface area contributed by atoms with Crippen molar-refractivity contribution in [3.8, 4) is 10.6 Å². The molecule has 6 heteroatoms. The molecule has 0 aliphatic rings. The van der Waals surface area contributed by atoms with E-state index in [2.05, 4.69) is 14.7 Å². The van der Waals surface area contributed by atoms with Gasteiger partial charge in [0.2, 0.25) is 0 Å². The van der Waals surface area contributed by atoms with Gasteiger partial charge in [-0.1, -0.05) is 0 Å². The predicted octanol–water partition coefficient (Wildman–Crippen LogP) is 2.59. The van der Waals surface area contributed by atoms with Crippen LogP contribution >= 0.6 is 22.9 Å². The van der Waals surface area contributed by atoms with E-state index in [0.717, 1.165) is 27.8 Å². The summed E-state index contributed by atoms with van der Waals surface area (Å²) >= 11 is 2.98. The SMILES string of the molecule is CCNc1snc(N)c1-c1nc(C)cs1. The van der Waals surface area contributed by atoms with Gasteiger partial charge in [0, 0.05) is 17.6 Å². The second-order valence-electron chi connectivity index (χ2n) is 3.10. The van der Waals surface area contributed by atoms with Gasteiger partial charge in [-0.05, 0) is 25.4 Å². The number of nitrogens with zero attached hydrogens (tertiary/aromatic N) is 2. The van der Waals surface area contributed by atoms with Crippen LogP contribution in [0.25, 0.3) is 10.6 Å². The lowest BCUT2D eigenvalue weighted by molar-refractivity contribution is 1.22. The summed E-state index contributed by atoms with van der Waals surface area (Å²) in [4.78, 5) is 4.42. The van der Waals surface area contributed by atoms with Crippen LogP contribution in [0, 0.1) is 6.92 Å². The van der Waals surface area contributed by atoms with Crippen molar-refractivity contribution >= 4 is 33.7 Å². The molecule has 2 rings (SSSR count). The fourth-order valence-electron chi connectivity index (χ4n) is 1.26. The number of nitrogens with two attached hydrogens (primary N) is 1. The first kappa shape index (κ1) is 10.4. The maximum absolute atomic E-state index is 5.84. The smallest absolute Gasteiger partial charge is 0.149 e. The Hall–Kier alpha value is -1.14. The van der Waals surface area contributed by atoms with Gasteiger partial charge in [0.05, 0.1) is 5.56 Å². The van der Waals surface area contributed by atoms with Crippen LogP contribution in [0.3, 0.4) is 0 Å². The van der Waals surface area contributed by atoms with Gasteiger partial charge < -0.3 is 11.1 Å². The lowest BCUT2D eigenvalue weighted by Crippen LogP contribution is -1.96. The zero-order valence-corrected chi connectivity index (χ0v) is 10.2. The lowest BCUT2D eigenvalue weighted by atomic mass is 10.3. The first-order chi connectivity index (χ1) is 7.22. The fourth-order valence-corrected chi connectivity index (χ4v) is 2.96. The van der Waals surface area contributed by atoms with Crippen molar-refractivity contribution in [2.75, 3.05) is 17.6 Å². The maximum atomic E-state index is 5.84. The molecule has 0 saturated carbocycles. The Morgan fingerprint density at radius 2 is 2.33 bits per heavy atom. The normalized spacial score (nSPS) is 10.5. The molecule has 0 unspecified atom stereocenters. The summed E-state index contributed by atoms with van der Waals surface area (Å²) in [5.41, 5.74) is 7.80. The molecule has 2 aromatic rings. The minimum absolute atomic E-state index is 0.560. The van der Waals surface area contributed by atoms with Gasteiger partial charge in [0.25, 0.3) is 0 Å². The lowest BCUT2D eigenvalue weighted by Gasteiger charge is -2.01. The number of hydrogen-bond acceptors (Lipinski definition) is 6. The summed E-state index contributed by atoms with van der Waals surface area (Å²) in [7, 11) is 0. The Bertz CT molecular complexity index is 460. The van der Waals surface area contributed by atoms with E-state index < -0.39 is 0 Å². The molecule has 15 heavy (non-hydrogen) atoms. The van der Waals surface area contributed by atoms with Crippen LogP contribution in [0.5, 0.6) is 0 Å². The molecule has 0 atom stereocenters. The zero-order valence-electron chi connectivity index (χ0n) is 8.57. The first-order valence-electron chi connectivity index (χ1n) is 4.64. The largest absolute Gasteiger partial charge is 0.382 e. The average Bonchev–Trinajstić information content (AvgIpc) is 2.74. The summed E-state index contributed by atoms with van der Waals surface area (Å²) in [5, 5.41) is 7.21. The molecule has 2 aromatic heterocycles. The van der Waals surface area contributed by atoms with Crippen molar-refractivity contribution in [2.45, 2.75) is 13.8 Å². The molecule has 80 valence electrons. The number of aryl methyl sites for hydroxylation is 1. The second-order valence-corrected chi connectivity index (χ2v) is 4.73. The number of aromatic nitrogens is 2. The van der Waals surface area contributed by atoms with E-state index in [1.165, 1.54) is 11.5 Å². The van der Waals surface area contributed by atoms with Gasteiger partial charge >= 0.3 is 0 Å². The predicted molar refractivity (Wildman–Crippen MR) is 66.5 cm³/mol. The van der Waals surface area contributed by atoms with E-state index in [1.54, 1.807) is 11.3 Å². The van der Waals surface area contributed by atoms with E-state index in [9.17, 15) is 0 Å². The molecule has 2 heterocycles. The summed E-state index contributed by atoms with van der Waals surface area (Å²) in [6, 6.07) is 0. The van der Waals surface area contributed by atoms with E-state index >= 15 is 0 Å². The van der Waals surface area contributed by atoms with Gasteiger partial charge in [-0.15, -0.1) is 11.3 Å². The molecule has 0 fully saturated rings. The van der Waals surface area contributed by atoms with Crippen LogP contribution in [0.2, 0.25) is 0 Å². The quantitative estimate of drug-likeness (QED) is 0.865. The van der Waals surface area contributed by atoms with Crippen molar-refractivity contribution in [2.24, 2.45) is 0 Å². The molecule has 4 nitrogen and oxygen atoms in total. The number of anilines is 2. The van der Waals surface area contributed by atoms with Crippen LogP contribution in [-0.4, -0.2) is 15.9 Å². The maximum Gasteiger partial charge on any atom is 0.149 e. The van der Waals surface area contributed by atoms with Crippen molar-refractivity contribution < 1.29 is 0 Å². The molecule has 0 radical (unpaired) electrons. The van der Waals surface area contributed by atoms with Gasteiger partial charge in [-0.25, -0.2) is 4.98 Å². The highest BCUT2D eigenvalue weighted by molar-refractivity contribution is 7.15. The summed E-state index contributed by atoms with van der Waals surface area (Å²) in [6.45, 7) is 4.88. The average molecular weight is 240 g/mol. The molecule has 0 saturated heterocycles. The Morgan fingerprint density at radius 3 is 2.93 bits per heavy atom. The van der Waals surface area contributed by atoms with Crippen LogP contribution in [-0.2, 0) is 0 Å². The minimum Gasteiger partial charge on any atom is -0.382 e. The van der Waals surface area contributed by atoms with Gasteiger partial charge in [0.15, 0.2) is 0 Å². The molecule has 0 aromatic carbocycles. The van der Waals surface area contributed by atoms with Crippen molar-refractivity contribution in [1.82, 2.24) is 9.36 Å². The van der Waals surface area contributed by atoms with Crippen LogP contribution < -0.4 is 11.1 Å². The van der Waals surface area contributed by atoms with Crippen LogP contribution in [0.4, 0.5) is 10.8 Å². The number of nitrogens with one attached hydrogen (secondary N) is 1. The number of rotatable bonds is 3. The topological polar surface area (TPSA) is 63.8 Å². The first-order valence-corrected chi connectivity index (χ1v) is 6.29.